The van der Waals surface area contributed by atoms with Gasteiger partial charge in [0.2, 0.25) is 0 Å². The first-order valence-corrected chi connectivity index (χ1v) is 7.68. The number of non-ortho nitro benzene ring substituents is 1. The van der Waals surface area contributed by atoms with Crippen LogP contribution in [0.5, 0.6) is 0 Å². The molecular weight excluding hydrogens is 330 g/mol. The highest BCUT2D eigenvalue weighted by atomic mass is 32.1. The molecule has 3 rings (SSSR count). The number of hydrogen-bond acceptors (Lipinski definition) is 6. The molecule has 9 heteroatoms. The SMILES string of the molecule is O=C(N/N=C\c1cccs1)c1cc(-c2cccc([N+](=O)[O-])c2)n[nH]1. The lowest BCUT2D eigenvalue weighted by Crippen LogP contribution is -2.17. The minimum Gasteiger partial charge on any atom is -0.272 e. The molecule has 1 amide bonds. The highest BCUT2D eigenvalue weighted by Gasteiger charge is 2.13. The van der Waals surface area contributed by atoms with Crippen molar-refractivity contribution in [3.05, 3.63) is 68.5 Å². The number of H-pyrrole nitrogens is 1. The number of carbonyl (C=O) groups excluding carboxylic acids is 1. The molecule has 0 radical (unpaired) electrons. The van der Waals surface area contributed by atoms with Gasteiger partial charge in [0, 0.05) is 22.6 Å². The van der Waals surface area contributed by atoms with Crippen LogP contribution in [-0.2, 0) is 0 Å². The van der Waals surface area contributed by atoms with Crippen LogP contribution in [0.25, 0.3) is 11.3 Å². The zero-order valence-electron chi connectivity index (χ0n) is 12.2. The maximum atomic E-state index is 12.0. The van der Waals surface area contributed by atoms with Gasteiger partial charge in [-0.15, -0.1) is 11.3 Å². The second-order valence-corrected chi connectivity index (χ2v) is 5.67. The van der Waals surface area contributed by atoms with Crippen molar-refractivity contribution in [2.75, 3.05) is 0 Å². The molecular formula is C15H11N5O3S. The molecule has 0 saturated heterocycles. The van der Waals surface area contributed by atoms with Gasteiger partial charge in [0.05, 0.1) is 16.8 Å². The Balaban J connectivity index is 1.72. The molecule has 0 unspecified atom stereocenters. The number of hydrogen-bond donors (Lipinski definition) is 2. The minimum absolute atomic E-state index is 0.0398. The Morgan fingerprint density at radius 2 is 2.21 bits per heavy atom. The van der Waals surface area contributed by atoms with E-state index in [1.807, 2.05) is 17.5 Å². The lowest BCUT2D eigenvalue weighted by atomic mass is 10.1. The number of nitrogens with one attached hydrogen (secondary N) is 2. The van der Waals surface area contributed by atoms with E-state index in [9.17, 15) is 14.9 Å². The minimum atomic E-state index is -0.483. The highest BCUT2D eigenvalue weighted by molar-refractivity contribution is 7.11. The third kappa shape index (κ3) is 3.52. The number of nitrogens with zero attached hydrogens (tertiary/aromatic N) is 3. The monoisotopic (exact) mass is 341 g/mol. The number of nitro groups is 1. The van der Waals surface area contributed by atoms with Crippen LogP contribution in [-0.4, -0.2) is 27.2 Å². The van der Waals surface area contributed by atoms with E-state index in [4.69, 9.17) is 0 Å². The Bertz CT molecular complexity index is 901. The standard InChI is InChI=1S/C15H11N5O3S/c21-15(19-16-9-12-5-2-6-24-12)14-8-13(17-18-14)10-3-1-4-11(7-10)20(22)23/h1-9H,(H,17,18)(H,19,21)/b16-9-. The molecule has 0 spiro atoms. The van der Waals surface area contributed by atoms with E-state index in [-0.39, 0.29) is 11.4 Å². The normalized spacial score (nSPS) is 10.8. The summed E-state index contributed by atoms with van der Waals surface area (Å²) >= 11 is 1.50. The first-order valence-electron chi connectivity index (χ1n) is 6.80. The number of aromatic nitrogens is 2. The van der Waals surface area contributed by atoms with E-state index in [2.05, 4.69) is 20.7 Å². The first kappa shape index (κ1) is 15.6. The molecule has 2 heterocycles. The van der Waals surface area contributed by atoms with E-state index in [0.29, 0.717) is 11.3 Å². The van der Waals surface area contributed by atoms with Crippen molar-refractivity contribution in [1.82, 2.24) is 15.6 Å². The quantitative estimate of drug-likeness (QED) is 0.422. The second kappa shape index (κ2) is 6.84. The van der Waals surface area contributed by atoms with Crippen LogP contribution in [0.1, 0.15) is 15.4 Å². The number of thiophene rings is 1. The maximum absolute atomic E-state index is 12.0. The van der Waals surface area contributed by atoms with Crippen LogP contribution < -0.4 is 5.43 Å². The summed E-state index contributed by atoms with van der Waals surface area (Å²) < 4.78 is 0. The van der Waals surface area contributed by atoms with Gasteiger partial charge in [-0.3, -0.25) is 20.0 Å². The molecule has 2 aromatic heterocycles. The molecule has 1 aromatic carbocycles. The molecule has 2 N–H and O–H groups in total. The highest BCUT2D eigenvalue weighted by Crippen LogP contribution is 2.22. The summed E-state index contributed by atoms with van der Waals surface area (Å²) in [6.07, 6.45) is 1.54. The van der Waals surface area contributed by atoms with Crippen LogP contribution in [0.2, 0.25) is 0 Å². The van der Waals surface area contributed by atoms with Crippen LogP contribution in [0, 0.1) is 10.1 Å². The van der Waals surface area contributed by atoms with E-state index in [1.165, 1.54) is 29.5 Å². The van der Waals surface area contributed by atoms with Crippen molar-refractivity contribution in [2.45, 2.75) is 0 Å². The van der Waals surface area contributed by atoms with Crippen molar-refractivity contribution in [2.24, 2.45) is 5.10 Å². The molecule has 0 fully saturated rings. The largest absolute Gasteiger partial charge is 0.289 e. The predicted octanol–water partition coefficient (Wildman–Crippen LogP) is 2.81. The Hall–Kier alpha value is -3.33. The molecule has 8 nitrogen and oxygen atoms in total. The second-order valence-electron chi connectivity index (χ2n) is 4.69. The number of benzene rings is 1. The van der Waals surface area contributed by atoms with Crippen molar-refractivity contribution in [1.29, 1.82) is 0 Å². The van der Waals surface area contributed by atoms with Crippen molar-refractivity contribution >= 4 is 29.1 Å². The molecule has 0 aliphatic carbocycles. The number of aromatic amines is 1. The summed E-state index contributed by atoms with van der Waals surface area (Å²) in [4.78, 5) is 23.2. The van der Waals surface area contributed by atoms with E-state index in [0.717, 1.165) is 4.88 Å². The molecule has 0 aliphatic rings. The molecule has 0 saturated carbocycles. The summed E-state index contributed by atoms with van der Waals surface area (Å²) in [5.41, 5.74) is 3.54. The Morgan fingerprint density at radius 1 is 1.33 bits per heavy atom. The fraction of sp³-hybridized carbons (Fsp3) is 0. The first-order chi connectivity index (χ1) is 11.6. The Kier molecular flexibility index (Phi) is 4.43. The van der Waals surface area contributed by atoms with Gasteiger partial charge >= 0.3 is 0 Å². The molecule has 0 aliphatic heterocycles. The third-order valence-corrected chi connectivity index (χ3v) is 3.88. The van der Waals surface area contributed by atoms with E-state index in [1.54, 1.807) is 18.3 Å². The van der Waals surface area contributed by atoms with Gasteiger partial charge in [-0.25, -0.2) is 5.43 Å². The third-order valence-electron chi connectivity index (χ3n) is 3.08. The topological polar surface area (TPSA) is 113 Å². The predicted molar refractivity (Wildman–Crippen MR) is 90.1 cm³/mol. The van der Waals surface area contributed by atoms with Crippen LogP contribution >= 0.6 is 11.3 Å². The van der Waals surface area contributed by atoms with E-state index >= 15 is 0 Å². The summed E-state index contributed by atoms with van der Waals surface area (Å²) in [5.74, 6) is -0.452. The smallest absolute Gasteiger partial charge is 0.272 e. The number of nitro benzene ring substituents is 1. The van der Waals surface area contributed by atoms with Crippen molar-refractivity contribution < 1.29 is 9.72 Å². The number of hydrazone groups is 1. The van der Waals surface area contributed by atoms with Gasteiger partial charge in [-0.1, -0.05) is 18.2 Å². The Labute approximate surface area is 140 Å². The fourth-order valence-electron chi connectivity index (χ4n) is 1.94. The van der Waals surface area contributed by atoms with Crippen LogP contribution in [0.15, 0.2) is 52.9 Å². The van der Waals surface area contributed by atoms with Crippen molar-refractivity contribution in [3.63, 3.8) is 0 Å². The van der Waals surface area contributed by atoms with Gasteiger partial charge in [-0.2, -0.15) is 10.2 Å². The number of carbonyl (C=O) groups is 1. The molecule has 3 aromatic rings. The summed E-state index contributed by atoms with van der Waals surface area (Å²) in [6, 6.07) is 11.3. The average Bonchev–Trinajstić information content (AvgIpc) is 3.26. The van der Waals surface area contributed by atoms with Crippen molar-refractivity contribution in [3.8, 4) is 11.3 Å². The molecule has 120 valence electrons. The summed E-state index contributed by atoms with van der Waals surface area (Å²) in [6.45, 7) is 0. The zero-order valence-corrected chi connectivity index (χ0v) is 13.0. The number of amides is 1. The van der Waals surface area contributed by atoms with Gasteiger partial charge < -0.3 is 0 Å². The van der Waals surface area contributed by atoms with Crippen LogP contribution in [0.4, 0.5) is 5.69 Å². The lowest BCUT2D eigenvalue weighted by Gasteiger charge is -1.96. The number of rotatable bonds is 5. The van der Waals surface area contributed by atoms with E-state index < -0.39 is 10.8 Å². The van der Waals surface area contributed by atoms with Gasteiger partial charge in [0.1, 0.15) is 5.69 Å². The zero-order chi connectivity index (χ0) is 16.9. The summed E-state index contributed by atoms with van der Waals surface area (Å²) in [7, 11) is 0. The van der Waals surface area contributed by atoms with Gasteiger partial charge in [-0.05, 0) is 17.5 Å². The molecule has 0 atom stereocenters. The lowest BCUT2D eigenvalue weighted by molar-refractivity contribution is -0.384. The maximum Gasteiger partial charge on any atom is 0.289 e. The average molecular weight is 341 g/mol. The fourth-order valence-corrected chi connectivity index (χ4v) is 2.53. The molecule has 0 bridgehead atoms. The summed E-state index contributed by atoms with van der Waals surface area (Å²) in [5, 5.41) is 23.2. The van der Waals surface area contributed by atoms with Gasteiger partial charge in [0.25, 0.3) is 11.6 Å². The van der Waals surface area contributed by atoms with Crippen LogP contribution in [0.3, 0.4) is 0 Å². The molecule has 24 heavy (non-hydrogen) atoms. The van der Waals surface area contributed by atoms with Gasteiger partial charge in [0.15, 0.2) is 0 Å². The Morgan fingerprint density at radius 3 is 2.96 bits per heavy atom.